The van der Waals surface area contributed by atoms with Crippen LogP contribution in [0, 0.1) is 10.1 Å². The fraction of sp³-hybridized carbons (Fsp3) is 0.0909. The van der Waals surface area contributed by atoms with E-state index < -0.39 is 22.8 Å². The number of non-ortho nitro benzene ring substituents is 1. The smallest absolute Gasteiger partial charge is 0.270 e. The average Bonchev–Trinajstić information content (AvgIpc) is 2.76. The van der Waals surface area contributed by atoms with Crippen molar-refractivity contribution in [3.63, 3.8) is 0 Å². The molecule has 0 aliphatic rings. The van der Waals surface area contributed by atoms with Crippen LogP contribution in [-0.4, -0.2) is 22.8 Å². The number of rotatable bonds is 7. The molecule has 0 spiro atoms. The summed E-state index contributed by atoms with van der Waals surface area (Å²) in [5.41, 5.74) is 0.260. The first-order valence-electron chi connectivity index (χ1n) is 9.23. The molecule has 1 atom stereocenters. The molecule has 0 heterocycles. The van der Waals surface area contributed by atoms with Gasteiger partial charge in [-0.3, -0.25) is 19.7 Å². The molecule has 0 bridgehead atoms. The molecule has 3 aromatic carbocycles. The van der Waals surface area contributed by atoms with Crippen molar-refractivity contribution in [2.24, 2.45) is 0 Å². The van der Waals surface area contributed by atoms with Crippen molar-refractivity contribution in [2.45, 2.75) is 13.0 Å². The summed E-state index contributed by atoms with van der Waals surface area (Å²) in [4.78, 5) is 35.3. The fourth-order valence-corrected chi connectivity index (χ4v) is 2.83. The third-order valence-electron chi connectivity index (χ3n) is 4.26. The van der Waals surface area contributed by atoms with E-state index in [4.69, 9.17) is 16.3 Å². The minimum absolute atomic E-state index is 0.0799. The van der Waals surface area contributed by atoms with Gasteiger partial charge in [-0.1, -0.05) is 41.9 Å². The van der Waals surface area contributed by atoms with Gasteiger partial charge in [-0.2, -0.15) is 0 Å². The highest BCUT2D eigenvalue weighted by Gasteiger charge is 2.19. The van der Waals surface area contributed by atoms with Crippen molar-refractivity contribution in [3.8, 4) is 11.5 Å². The normalized spacial score (nSPS) is 11.3. The van der Waals surface area contributed by atoms with Crippen LogP contribution < -0.4 is 15.4 Å². The molecule has 0 aliphatic carbocycles. The molecule has 0 aromatic heterocycles. The summed E-state index contributed by atoms with van der Waals surface area (Å²) >= 11 is 6.13. The Morgan fingerprint density at radius 1 is 1.00 bits per heavy atom. The summed E-state index contributed by atoms with van der Waals surface area (Å²) in [6.45, 7) is 1.50. The predicted octanol–water partition coefficient (Wildman–Crippen LogP) is 4.80. The van der Waals surface area contributed by atoms with Crippen LogP contribution in [0.2, 0.25) is 5.02 Å². The van der Waals surface area contributed by atoms with Gasteiger partial charge in [0.2, 0.25) is 5.91 Å². The maximum Gasteiger partial charge on any atom is 0.270 e. The predicted molar refractivity (Wildman–Crippen MR) is 117 cm³/mol. The Morgan fingerprint density at radius 2 is 1.68 bits per heavy atom. The zero-order valence-corrected chi connectivity index (χ0v) is 17.1. The second-order valence-corrected chi connectivity index (χ2v) is 6.93. The minimum Gasteiger partial charge on any atom is -0.454 e. The highest BCUT2D eigenvalue weighted by molar-refractivity contribution is 6.32. The van der Waals surface area contributed by atoms with Crippen molar-refractivity contribution in [2.75, 3.05) is 5.32 Å². The summed E-state index contributed by atoms with van der Waals surface area (Å²) < 4.78 is 5.81. The van der Waals surface area contributed by atoms with E-state index >= 15 is 0 Å². The van der Waals surface area contributed by atoms with Gasteiger partial charge in [0.15, 0.2) is 5.75 Å². The number of hydrogen-bond acceptors (Lipinski definition) is 5. The van der Waals surface area contributed by atoms with Gasteiger partial charge in [-0.15, -0.1) is 0 Å². The molecule has 3 aromatic rings. The lowest BCUT2D eigenvalue weighted by Gasteiger charge is -2.16. The fourth-order valence-electron chi connectivity index (χ4n) is 2.65. The van der Waals surface area contributed by atoms with Crippen molar-refractivity contribution in [1.29, 1.82) is 0 Å². The SMILES string of the molecule is C[C@H](NC(=O)c1cccc([N+](=O)[O-])c1)C(=O)Nc1ccccc1Oc1ccccc1Cl. The maximum absolute atomic E-state index is 12.6. The average molecular weight is 440 g/mol. The monoisotopic (exact) mass is 439 g/mol. The number of nitrogens with one attached hydrogen (secondary N) is 2. The lowest BCUT2D eigenvalue weighted by atomic mass is 10.1. The van der Waals surface area contributed by atoms with Gasteiger partial charge in [-0.25, -0.2) is 0 Å². The molecule has 0 aliphatic heterocycles. The van der Waals surface area contributed by atoms with Gasteiger partial charge >= 0.3 is 0 Å². The standard InChI is InChI=1S/C22H18ClN3O5/c1-14(24-22(28)15-7-6-8-16(13-15)26(29)30)21(27)25-18-10-3-5-12-20(18)31-19-11-4-2-9-17(19)23/h2-14H,1H3,(H,24,28)(H,25,27)/t14-/m0/s1. The first-order valence-corrected chi connectivity index (χ1v) is 9.60. The number of anilines is 1. The number of carbonyl (C=O) groups excluding carboxylic acids is 2. The minimum atomic E-state index is -0.917. The molecule has 0 radical (unpaired) electrons. The molecule has 0 saturated heterocycles. The molecule has 31 heavy (non-hydrogen) atoms. The van der Waals surface area contributed by atoms with E-state index in [2.05, 4.69) is 10.6 Å². The number of para-hydroxylation sites is 3. The van der Waals surface area contributed by atoms with Crippen LogP contribution in [-0.2, 0) is 4.79 Å². The third-order valence-corrected chi connectivity index (χ3v) is 4.57. The molecular formula is C22H18ClN3O5. The van der Waals surface area contributed by atoms with Crippen molar-refractivity contribution in [1.82, 2.24) is 5.32 Å². The van der Waals surface area contributed by atoms with Crippen molar-refractivity contribution in [3.05, 3.63) is 93.5 Å². The second kappa shape index (κ2) is 9.73. The number of halogens is 1. The van der Waals surface area contributed by atoms with E-state index in [1.54, 1.807) is 48.5 Å². The van der Waals surface area contributed by atoms with E-state index in [1.807, 2.05) is 0 Å². The lowest BCUT2D eigenvalue weighted by Crippen LogP contribution is -2.41. The maximum atomic E-state index is 12.6. The number of nitro benzene ring substituents is 1. The van der Waals surface area contributed by atoms with E-state index in [1.165, 1.54) is 25.1 Å². The van der Waals surface area contributed by atoms with Gasteiger partial charge < -0.3 is 15.4 Å². The Hall–Kier alpha value is -3.91. The number of hydrogen-bond donors (Lipinski definition) is 2. The summed E-state index contributed by atoms with van der Waals surface area (Å²) in [7, 11) is 0. The summed E-state index contributed by atoms with van der Waals surface area (Å²) in [5.74, 6) is -0.292. The van der Waals surface area contributed by atoms with Crippen molar-refractivity contribution < 1.29 is 19.2 Å². The largest absolute Gasteiger partial charge is 0.454 e. The van der Waals surface area contributed by atoms with Crippen LogP contribution >= 0.6 is 11.6 Å². The summed E-state index contributed by atoms with van der Waals surface area (Å²) in [6, 6.07) is 18.1. The topological polar surface area (TPSA) is 111 Å². The van der Waals surface area contributed by atoms with Gasteiger partial charge in [-0.05, 0) is 37.3 Å². The molecule has 0 unspecified atom stereocenters. The lowest BCUT2D eigenvalue weighted by molar-refractivity contribution is -0.384. The van der Waals surface area contributed by atoms with E-state index in [0.717, 1.165) is 6.07 Å². The first-order chi connectivity index (χ1) is 14.8. The zero-order chi connectivity index (χ0) is 22.4. The van der Waals surface area contributed by atoms with E-state index in [9.17, 15) is 19.7 Å². The van der Waals surface area contributed by atoms with Crippen LogP contribution in [0.3, 0.4) is 0 Å². The summed E-state index contributed by atoms with van der Waals surface area (Å²) in [6.07, 6.45) is 0. The Labute approximate surface area is 182 Å². The van der Waals surface area contributed by atoms with E-state index in [0.29, 0.717) is 22.2 Å². The molecule has 158 valence electrons. The number of carbonyl (C=O) groups is 2. The summed E-state index contributed by atoms with van der Waals surface area (Å²) in [5, 5.41) is 16.5. The van der Waals surface area contributed by atoms with Crippen LogP contribution in [0.1, 0.15) is 17.3 Å². The van der Waals surface area contributed by atoms with Crippen LogP contribution in [0.25, 0.3) is 0 Å². The number of benzene rings is 3. The highest BCUT2D eigenvalue weighted by atomic mass is 35.5. The number of amides is 2. The highest BCUT2D eigenvalue weighted by Crippen LogP contribution is 2.33. The molecule has 0 fully saturated rings. The number of nitrogens with zero attached hydrogens (tertiary/aromatic N) is 1. The first kappa shape index (κ1) is 21.8. The Bertz CT molecular complexity index is 1140. The molecular weight excluding hydrogens is 422 g/mol. The van der Waals surface area contributed by atoms with Crippen LogP contribution in [0.15, 0.2) is 72.8 Å². The van der Waals surface area contributed by atoms with E-state index in [-0.39, 0.29) is 11.3 Å². The number of nitro groups is 1. The van der Waals surface area contributed by atoms with Gasteiger partial charge in [0.25, 0.3) is 11.6 Å². The third kappa shape index (κ3) is 5.58. The molecule has 0 saturated carbocycles. The number of ether oxygens (including phenoxy) is 1. The quantitative estimate of drug-likeness (QED) is 0.406. The Balaban J connectivity index is 1.69. The molecule has 2 N–H and O–H groups in total. The van der Waals surface area contributed by atoms with Crippen LogP contribution in [0.5, 0.6) is 11.5 Å². The zero-order valence-electron chi connectivity index (χ0n) is 16.4. The van der Waals surface area contributed by atoms with Gasteiger partial charge in [0.1, 0.15) is 11.8 Å². The molecule has 9 heteroatoms. The van der Waals surface area contributed by atoms with Gasteiger partial charge in [0.05, 0.1) is 15.6 Å². The Kier molecular flexibility index (Phi) is 6.84. The molecule has 8 nitrogen and oxygen atoms in total. The van der Waals surface area contributed by atoms with Crippen LogP contribution in [0.4, 0.5) is 11.4 Å². The molecule has 2 amide bonds. The second-order valence-electron chi connectivity index (χ2n) is 6.52. The van der Waals surface area contributed by atoms with Crippen molar-refractivity contribution >= 4 is 34.8 Å². The molecule has 3 rings (SSSR count). The Morgan fingerprint density at radius 3 is 2.39 bits per heavy atom. The van der Waals surface area contributed by atoms with Gasteiger partial charge in [0, 0.05) is 17.7 Å².